The predicted molar refractivity (Wildman–Crippen MR) is 53.6 cm³/mol. The first-order valence-electron chi connectivity index (χ1n) is 4.61. The van der Waals surface area contributed by atoms with E-state index in [2.05, 4.69) is 4.98 Å². The van der Waals surface area contributed by atoms with Crippen LogP contribution in [-0.2, 0) is 11.2 Å². The molecule has 5 nitrogen and oxygen atoms in total. The Kier molecular flexibility index (Phi) is 4.19. The molecular weight excluding hydrogens is 236 g/mol. The SMILES string of the molecule is COc1cc(OC)c(C(F)F)nc1CC(=O)O. The van der Waals surface area contributed by atoms with Crippen LogP contribution in [0.4, 0.5) is 8.78 Å². The summed E-state index contributed by atoms with van der Waals surface area (Å²) in [6, 6.07) is 1.20. The van der Waals surface area contributed by atoms with Crippen LogP contribution < -0.4 is 9.47 Å². The van der Waals surface area contributed by atoms with Gasteiger partial charge in [0.05, 0.1) is 26.3 Å². The van der Waals surface area contributed by atoms with Gasteiger partial charge in [0.2, 0.25) is 0 Å². The summed E-state index contributed by atoms with van der Waals surface area (Å²) in [5, 5.41) is 8.63. The molecule has 0 atom stereocenters. The zero-order valence-corrected chi connectivity index (χ0v) is 9.24. The largest absolute Gasteiger partial charge is 0.495 e. The summed E-state index contributed by atoms with van der Waals surface area (Å²) < 4.78 is 34.9. The smallest absolute Gasteiger partial charge is 0.309 e. The van der Waals surface area contributed by atoms with Crippen molar-refractivity contribution in [3.63, 3.8) is 0 Å². The number of carboxylic acid groups (broad SMARTS) is 1. The maximum atomic E-state index is 12.6. The number of methoxy groups -OCH3 is 2. The van der Waals surface area contributed by atoms with Gasteiger partial charge < -0.3 is 14.6 Å². The minimum Gasteiger partial charge on any atom is -0.495 e. The molecule has 1 N–H and O–H groups in total. The molecule has 0 aliphatic heterocycles. The third-order valence-electron chi connectivity index (χ3n) is 2.02. The van der Waals surface area contributed by atoms with Crippen molar-refractivity contribution in [3.05, 3.63) is 17.5 Å². The van der Waals surface area contributed by atoms with E-state index in [1.165, 1.54) is 20.3 Å². The average molecular weight is 247 g/mol. The van der Waals surface area contributed by atoms with Crippen LogP contribution in [0.15, 0.2) is 6.07 Å². The first-order chi connectivity index (χ1) is 7.99. The Bertz CT molecular complexity index is 423. The summed E-state index contributed by atoms with van der Waals surface area (Å²) in [4.78, 5) is 14.1. The van der Waals surface area contributed by atoms with E-state index in [1.807, 2.05) is 0 Å². The normalized spacial score (nSPS) is 10.4. The molecule has 0 bridgehead atoms. The Morgan fingerprint density at radius 3 is 2.41 bits per heavy atom. The molecule has 7 heteroatoms. The lowest BCUT2D eigenvalue weighted by Crippen LogP contribution is -2.08. The van der Waals surface area contributed by atoms with Crippen molar-refractivity contribution in [1.82, 2.24) is 4.98 Å². The van der Waals surface area contributed by atoms with E-state index >= 15 is 0 Å². The fourth-order valence-electron chi connectivity index (χ4n) is 1.30. The van der Waals surface area contributed by atoms with Crippen LogP contribution in [0.25, 0.3) is 0 Å². The number of aromatic nitrogens is 1. The maximum Gasteiger partial charge on any atom is 0.309 e. The Morgan fingerprint density at radius 2 is 2.00 bits per heavy atom. The van der Waals surface area contributed by atoms with Gasteiger partial charge in [0, 0.05) is 6.07 Å². The van der Waals surface area contributed by atoms with Gasteiger partial charge in [0.25, 0.3) is 6.43 Å². The van der Waals surface area contributed by atoms with Crippen LogP contribution >= 0.6 is 0 Å². The lowest BCUT2D eigenvalue weighted by molar-refractivity contribution is -0.136. The number of carbonyl (C=O) groups is 1. The third-order valence-corrected chi connectivity index (χ3v) is 2.02. The topological polar surface area (TPSA) is 68.7 Å². The third kappa shape index (κ3) is 3.02. The second-order valence-electron chi connectivity index (χ2n) is 3.10. The lowest BCUT2D eigenvalue weighted by Gasteiger charge is -2.12. The van der Waals surface area contributed by atoms with Crippen molar-refractivity contribution in [2.75, 3.05) is 14.2 Å². The molecular formula is C10H11F2NO4. The molecule has 0 saturated heterocycles. The van der Waals surface area contributed by atoms with Gasteiger partial charge in [-0.1, -0.05) is 0 Å². The molecule has 0 unspecified atom stereocenters. The van der Waals surface area contributed by atoms with Gasteiger partial charge in [-0.15, -0.1) is 0 Å². The molecule has 0 aliphatic carbocycles. The molecule has 0 saturated carbocycles. The number of ether oxygens (including phenoxy) is 2. The highest BCUT2D eigenvalue weighted by atomic mass is 19.3. The molecule has 1 rings (SSSR count). The average Bonchev–Trinajstić information content (AvgIpc) is 2.27. The summed E-state index contributed by atoms with van der Waals surface area (Å²) in [6.07, 6.45) is -3.34. The number of rotatable bonds is 5. The molecule has 0 fully saturated rings. The molecule has 94 valence electrons. The molecule has 0 aromatic carbocycles. The number of carboxylic acids is 1. The van der Waals surface area contributed by atoms with Crippen molar-refractivity contribution in [3.8, 4) is 11.5 Å². The second kappa shape index (κ2) is 5.42. The Labute approximate surface area is 96.0 Å². The molecule has 1 aromatic heterocycles. The summed E-state index contributed by atoms with van der Waals surface area (Å²) in [5.74, 6) is -1.21. The summed E-state index contributed by atoms with van der Waals surface area (Å²) >= 11 is 0. The summed E-state index contributed by atoms with van der Waals surface area (Å²) in [5.41, 5.74) is -0.652. The Balaban J connectivity index is 3.28. The number of aliphatic carboxylic acids is 1. The van der Waals surface area contributed by atoms with E-state index in [0.717, 1.165) is 0 Å². The first kappa shape index (κ1) is 13.1. The van der Waals surface area contributed by atoms with Crippen molar-refractivity contribution < 1.29 is 28.2 Å². The fraction of sp³-hybridized carbons (Fsp3) is 0.400. The summed E-state index contributed by atoms with van der Waals surface area (Å²) in [7, 11) is 2.52. The number of hydrogen-bond donors (Lipinski definition) is 1. The molecule has 1 aromatic rings. The number of pyridine rings is 1. The molecule has 0 spiro atoms. The zero-order valence-electron chi connectivity index (χ0n) is 9.24. The van der Waals surface area contributed by atoms with Crippen molar-refractivity contribution in [2.24, 2.45) is 0 Å². The van der Waals surface area contributed by atoms with E-state index in [0.29, 0.717) is 0 Å². The van der Waals surface area contributed by atoms with Gasteiger partial charge in [-0.25, -0.2) is 13.8 Å². The Morgan fingerprint density at radius 1 is 1.41 bits per heavy atom. The molecule has 0 amide bonds. The maximum absolute atomic E-state index is 12.6. The van der Waals surface area contributed by atoms with Gasteiger partial charge in [0.15, 0.2) is 0 Å². The molecule has 0 aliphatic rings. The number of hydrogen-bond acceptors (Lipinski definition) is 4. The van der Waals surface area contributed by atoms with E-state index < -0.39 is 24.5 Å². The highest BCUT2D eigenvalue weighted by Gasteiger charge is 2.21. The second-order valence-corrected chi connectivity index (χ2v) is 3.10. The lowest BCUT2D eigenvalue weighted by atomic mass is 10.2. The molecule has 17 heavy (non-hydrogen) atoms. The van der Waals surface area contributed by atoms with Crippen LogP contribution in [0.5, 0.6) is 11.5 Å². The summed E-state index contributed by atoms with van der Waals surface area (Å²) in [6.45, 7) is 0. The number of halogens is 2. The van der Waals surface area contributed by atoms with Gasteiger partial charge in [-0.2, -0.15) is 0 Å². The van der Waals surface area contributed by atoms with E-state index in [-0.39, 0.29) is 17.2 Å². The number of nitrogens with zero attached hydrogens (tertiary/aromatic N) is 1. The van der Waals surface area contributed by atoms with Crippen LogP contribution in [-0.4, -0.2) is 30.3 Å². The van der Waals surface area contributed by atoms with Gasteiger partial charge >= 0.3 is 5.97 Å². The van der Waals surface area contributed by atoms with E-state index in [9.17, 15) is 13.6 Å². The quantitative estimate of drug-likeness (QED) is 0.857. The van der Waals surface area contributed by atoms with Gasteiger partial charge in [0.1, 0.15) is 17.2 Å². The fourth-order valence-corrected chi connectivity index (χ4v) is 1.30. The van der Waals surface area contributed by atoms with Crippen LogP contribution in [0.2, 0.25) is 0 Å². The van der Waals surface area contributed by atoms with Gasteiger partial charge in [-0.05, 0) is 0 Å². The monoisotopic (exact) mass is 247 g/mol. The van der Waals surface area contributed by atoms with Crippen molar-refractivity contribution in [1.29, 1.82) is 0 Å². The first-order valence-corrected chi connectivity index (χ1v) is 4.61. The van der Waals surface area contributed by atoms with Crippen LogP contribution in [0.3, 0.4) is 0 Å². The van der Waals surface area contributed by atoms with Gasteiger partial charge in [-0.3, -0.25) is 4.79 Å². The molecule has 1 heterocycles. The van der Waals surface area contributed by atoms with Crippen molar-refractivity contribution in [2.45, 2.75) is 12.8 Å². The van der Waals surface area contributed by atoms with Crippen molar-refractivity contribution >= 4 is 5.97 Å². The molecule has 0 radical (unpaired) electrons. The van der Waals surface area contributed by atoms with E-state index in [4.69, 9.17) is 14.6 Å². The van der Waals surface area contributed by atoms with E-state index in [1.54, 1.807) is 0 Å². The highest BCUT2D eigenvalue weighted by Crippen LogP contribution is 2.32. The minimum absolute atomic E-state index is 0.0592. The standard InChI is InChI=1S/C10H11F2NO4/c1-16-6-4-7(17-2)9(10(11)12)13-5(6)3-8(14)15/h4,10H,3H2,1-2H3,(H,14,15). The minimum atomic E-state index is -2.84. The predicted octanol–water partition coefficient (Wildman–Crippen LogP) is 1.66. The van der Waals surface area contributed by atoms with Crippen LogP contribution in [0, 0.1) is 0 Å². The number of alkyl halides is 2. The van der Waals surface area contributed by atoms with Crippen LogP contribution in [0.1, 0.15) is 17.8 Å². The Hall–Kier alpha value is -1.92. The highest BCUT2D eigenvalue weighted by molar-refractivity contribution is 5.70. The zero-order chi connectivity index (χ0) is 13.0.